The van der Waals surface area contributed by atoms with Gasteiger partial charge in [-0.15, -0.1) is 0 Å². The number of hydrogen-bond acceptors (Lipinski definition) is 5. The van der Waals surface area contributed by atoms with Gasteiger partial charge in [0.1, 0.15) is 6.33 Å². The molecule has 17 heavy (non-hydrogen) atoms. The Labute approximate surface area is 102 Å². The van der Waals surface area contributed by atoms with Crippen LogP contribution in [0, 0.1) is 0 Å². The fourth-order valence-corrected chi connectivity index (χ4v) is 1.96. The van der Waals surface area contributed by atoms with Gasteiger partial charge in [-0.25, -0.2) is 9.78 Å². The van der Waals surface area contributed by atoms with Crippen LogP contribution in [0.15, 0.2) is 30.6 Å². The molecule has 2 rings (SSSR count). The molecule has 88 valence electrons. The maximum Gasteiger partial charge on any atom is 0.335 e. The van der Waals surface area contributed by atoms with Crippen molar-refractivity contribution in [1.29, 1.82) is 0 Å². The van der Waals surface area contributed by atoms with Crippen molar-refractivity contribution in [2.45, 2.75) is 6.42 Å². The van der Waals surface area contributed by atoms with Crippen LogP contribution in [-0.4, -0.2) is 27.0 Å². The Balaban J connectivity index is 1.97. The first-order valence-corrected chi connectivity index (χ1v) is 5.86. The zero-order valence-corrected chi connectivity index (χ0v) is 9.78. The second-order valence-corrected chi connectivity index (χ2v) is 4.17. The van der Waals surface area contributed by atoms with Gasteiger partial charge in [0, 0.05) is 18.1 Å². The van der Waals surface area contributed by atoms with E-state index < -0.39 is 5.97 Å². The van der Waals surface area contributed by atoms with Gasteiger partial charge < -0.3 is 10.4 Å². The maximum atomic E-state index is 11.0. The maximum absolute atomic E-state index is 11.0. The predicted octanol–water partition coefficient (Wildman–Crippen LogP) is 1.89. The number of aromatic nitrogens is 2. The van der Waals surface area contributed by atoms with Crippen molar-refractivity contribution in [3.63, 3.8) is 0 Å². The van der Waals surface area contributed by atoms with E-state index in [9.17, 15) is 4.79 Å². The molecule has 0 aliphatic heterocycles. The first-order chi connectivity index (χ1) is 8.27. The molecule has 2 N–H and O–H groups in total. The molecule has 1 heterocycles. The first kappa shape index (κ1) is 11.5. The van der Waals surface area contributed by atoms with Crippen LogP contribution in [0.1, 0.15) is 15.9 Å². The Kier molecular flexibility index (Phi) is 3.66. The summed E-state index contributed by atoms with van der Waals surface area (Å²) in [7, 11) is 0. The van der Waals surface area contributed by atoms with Crippen molar-refractivity contribution in [2.75, 3.05) is 11.9 Å². The summed E-state index contributed by atoms with van der Waals surface area (Å²) < 4.78 is 3.87. The van der Waals surface area contributed by atoms with E-state index in [-0.39, 0.29) is 0 Å². The summed E-state index contributed by atoms with van der Waals surface area (Å²) >= 11 is 1.28. The van der Waals surface area contributed by atoms with Crippen molar-refractivity contribution < 1.29 is 9.90 Å². The first-order valence-electron chi connectivity index (χ1n) is 5.09. The molecule has 5 nitrogen and oxygen atoms in total. The Bertz CT molecular complexity index is 499. The number of anilines is 1. The monoisotopic (exact) mass is 249 g/mol. The topological polar surface area (TPSA) is 75.1 Å². The van der Waals surface area contributed by atoms with Gasteiger partial charge in [0.25, 0.3) is 0 Å². The molecule has 0 unspecified atom stereocenters. The minimum atomic E-state index is -0.892. The molecule has 2 aromatic rings. The molecule has 0 amide bonds. The molecule has 6 heteroatoms. The van der Waals surface area contributed by atoms with Crippen LogP contribution in [0.25, 0.3) is 0 Å². The van der Waals surface area contributed by atoms with E-state index in [2.05, 4.69) is 14.7 Å². The highest BCUT2D eigenvalue weighted by molar-refractivity contribution is 7.09. The van der Waals surface area contributed by atoms with Crippen LogP contribution in [0.4, 0.5) is 5.13 Å². The highest BCUT2D eigenvalue weighted by Crippen LogP contribution is 2.11. The molecular weight excluding hydrogens is 238 g/mol. The quantitative estimate of drug-likeness (QED) is 0.846. The van der Waals surface area contributed by atoms with Crippen molar-refractivity contribution in [3.05, 3.63) is 41.7 Å². The van der Waals surface area contributed by atoms with Gasteiger partial charge in [-0.2, -0.15) is 4.37 Å². The van der Waals surface area contributed by atoms with Gasteiger partial charge in [0.05, 0.1) is 5.56 Å². The van der Waals surface area contributed by atoms with Gasteiger partial charge in [0.15, 0.2) is 0 Å². The van der Waals surface area contributed by atoms with E-state index in [1.165, 1.54) is 17.9 Å². The number of aromatic carboxylic acids is 1. The molecule has 0 spiro atoms. The number of nitrogens with zero attached hydrogens (tertiary/aromatic N) is 2. The van der Waals surface area contributed by atoms with E-state index in [4.69, 9.17) is 5.11 Å². The molecule has 0 saturated carbocycles. The van der Waals surface area contributed by atoms with Gasteiger partial charge >= 0.3 is 5.97 Å². The van der Waals surface area contributed by atoms with Crippen LogP contribution in [0.5, 0.6) is 0 Å². The lowest BCUT2D eigenvalue weighted by molar-refractivity contribution is 0.0696. The van der Waals surface area contributed by atoms with E-state index in [0.29, 0.717) is 18.5 Å². The van der Waals surface area contributed by atoms with Gasteiger partial charge in [-0.05, 0) is 18.1 Å². The minimum absolute atomic E-state index is 0.353. The average Bonchev–Trinajstić information content (AvgIpc) is 2.82. The Hall–Kier alpha value is -1.95. The summed E-state index contributed by atoms with van der Waals surface area (Å²) in [5.41, 5.74) is 1.17. The standard InChI is InChI=1S/C11H11N3O2S/c15-10(16)9-4-2-1-3-8(9)5-6-12-11-13-7-14-17-11/h1-4,7H,5-6H2,(H,15,16)(H,12,13,14). The van der Waals surface area contributed by atoms with E-state index in [1.54, 1.807) is 12.1 Å². The number of nitrogens with one attached hydrogen (secondary N) is 1. The third-order valence-electron chi connectivity index (χ3n) is 2.28. The summed E-state index contributed by atoms with van der Waals surface area (Å²) in [6.45, 7) is 0.638. The zero-order chi connectivity index (χ0) is 12.1. The molecule has 0 bridgehead atoms. The molecular formula is C11H11N3O2S. The Morgan fingerprint density at radius 1 is 1.41 bits per heavy atom. The smallest absolute Gasteiger partial charge is 0.335 e. The molecule has 0 atom stereocenters. The summed E-state index contributed by atoms with van der Waals surface area (Å²) in [6, 6.07) is 7.01. The highest BCUT2D eigenvalue weighted by atomic mass is 32.1. The van der Waals surface area contributed by atoms with Gasteiger partial charge in [-0.1, -0.05) is 18.2 Å². The van der Waals surface area contributed by atoms with Gasteiger partial charge in [0.2, 0.25) is 5.13 Å². The van der Waals surface area contributed by atoms with Crippen LogP contribution in [0.3, 0.4) is 0 Å². The summed E-state index contributed by atoms with van der Waals surface area (Å²) in [5.74, 6) is -0.892. The van der Waals surface area contributed by atoms with Crippen molar-refractivity contribution in [1.82, 2.24) is 9.36 Å². The van der Waals surface area contributed by atoms with E-state index in [1.807, 2.05) is 12.1 Å². The number of carboxylic acid groups (broad SMARTS) is 1. The third-order valence-corrected chi connectivity index (χ3v) is 2.90. The number of hydrogen-bond donors (Lipinski definition) is 2. The fourth-order valence-electron chi connectivity index (χ4n) is 1.50. The van der Waals surface area contributed by atoms with Gasteiger partial charge in [-0.3, -0.25) is 0 Å². The SMILES string of the molecule is O=C(O)c1ccccc1CCNc1ncns1. The molecule has 1 aromatic heterocycles. The van der Waals surface area contributed by atoms with Crippen molar-refractivity contribution in [3.8, 4) is 0 Å². The minimum Gasteiger partial charge on any atom is -0.478 e. The zero-order valence-electron chi connectivity index (χ0n) is 8.96. The lowest BCUT2D eigenvalue weighted by Crippen LogP contribution is -2.08. The average molecular weight is 249 g/mol. The molecule has 0 aliphatic carbocycles. The second kappa shape index (κ2) is 5.40. The van der Waals surface area contributed by atoms with Crippen molar-refractivity contribution in [2.24, 2.45) is 0 Å². The molecule has 1 aromatic carbocycles. The molecule has 0 aliphatic rings. The summed E-state index contributed by atoms with van der Waals surface area (Å²) in [4.78, 5) is 15.0. The number of benzene rings is 1. The predicted molar refractivity (Wildman–Crippen MR) is 65.5 cm³/mol. The van der Waals surface area contributed by atoms with Crippen molar-refractivity contribution >= 4 is 22.6 Å². The lowest BCUT2D eigenvalue weighted by atomic mass is 10.1. The molecule has 0 fully saturated rings. The fraction of sp³-hybridized carbons (Fsp3) is 0.182. The normalized spacial score (nSPS) is 10.1. The largest absolute Gasteiger partial charge is 0.478 e. The lowest BCUT2D eigenvalue weighted by Gasteiger charge is -2.05. The molecule has 0 saturated heterocycles. The number of rotatable bonds is 5. The summed E-state index contributed by atoms with van der Waals surface area (Å²) in [6.07, 6.45) is 2.13. The van der Waals surface area contributed by atoms with Crippen LogP contribution >= 0.6 is 11.5 Å². The van der Waals surface area contributed by atoms with Crippen LogP contribution in [-0.2, 0) is 6.42 Å². The third kappa shape index (κ3) is 3.01. The highest BCUT2D eigenvalue weighted by Gasteiger charge is 2.08. The Morgan fingerprint density at radius 2 is 2.24 bits per heavy atom. The molecule has 0 radical (unpaired) electrons. The van der Waals surface area contributed by atoms with Crippen LogP contribution < -0.4 is 5.32 Å². The second-order valence-electron chi connectivity index (χ2n) is 3.39. The number of carboxylic acids is 1. The number of carbonyl (C=O) groups is 1. The Morgan fingerprint density at radius 3 is 2.94 bits per heavy atom. The van der Waals surface area contributed by atoms with E-state index in [0.717, 1.165) is 10.7 Å². The van der Waals surface area contributed by atoms with E-state index >= 15 is 0 Å². The summed E-state index contributed by atoms with van der Waals surface area (Å²) in [5, 5.41) is 12.8. The van der Waals surface area contributed by atoms with Crippen LogP contribution in [0.2, 0.25) is 0 Å².